The van der Waals surface area contributed by atoms with Crippen molar-refractivity contribution >= 4 is 40.7 Å². The molecule has 1 amide bonds. The van der Waals surface area contributed by atoms with E-state index in [1.54, 1.807) is 6.20 Å². The van der Waals surface area contributed by atoms with Crippen molar-refractivity contribution in [2.24, 2.45) is 11.7 Å². The number of nitrogens with zero attached hydrogens (tertiary/aromatic N) is 3. The van der Waals surface area contributed by atoms with Crippen LogP contribution in [0.4, 0.5) is 11.5 Å². The van der Waals surface area contributed by atoms with Gasteiger partial charge in [-0.15, -0.1) is 12.4 Å². The van der Waals surface area contributed by atoms with E-state index in [4.69, 9.17) is 10.7 Å². The Balaban J connectivity index is 0.00000253. The molecule has 2 aromatic heterocycles. The van der Waals surface area contributed by atoms with Crippen molar-refractivity contribution in [2.45, 2.75) is 63.8 Å². The first kappa shape index (κ1) is 24.0. The third-order valence-electron chi connectivity index (χ3n) is 7.84. The number of carbonyl (C=O) groups excluding carboxylic acids is 1. The van der Waals surface area contributed by atoms with E-state index in [2.05, 4.69) is 33.4 Å². The van der Waals surface area contributed by atoms with Gasteiger partial charge >= 0.3 is 0 Å². The summed E-state index contributed by atoms with van der Waals surface area (Å²) in [6.07, 6.45) is 11.7. The minimum atomic E-state index is 0. The van der Waals surface area contributed by atoms with E-state index in [9.17, 15) is 4.79 Å². The smallest absolute Gasteiger partial charge is 0.228 e. The second-order valence-corrected chi connectivity index (χ2v) is 10.2. The van der Waals surface area contributed by atoms with Crippen LogP contribution in [0.3, 0.4) is 0 Å². The zero-order valence-corrected chi connectivity index (χ0v) is 20.9. The van der Waals surface area contributed by atoms with Gasteiger partial charge in [-0.2, -0.15) is 0 Å². The van der Waals surface area contributed by atoms with Crippen LogP contribution >= 0.6 is 12.4 Å². The highest BCUT2D eigenvalue weighted by atomic mass is 35.5. The van der Waals surface area contributed by atoms with E-state index in [1.807, 2.05) is 12.1 Å². The lowest BCUT2D eigenvalue weighted by Gasteiger charge is -2.28. The van der Waals surface area contributed by atoms with Gasteiger partial charge in [0, 0.05) is 42.3 Å². The molecular weight excluding hydrogens is 458 g/mol. The van der Waals surface area contributed by atoms with Gasteiger partial charge in [-0.05, 0) is 85.9 Å². The fourth-order valence-electron chi connectivity index (χ4n) is 6.02. The van der Waals surface area contributed by atoms with E-state index >= 15 is 0 Å². The Hall–Kier alpha value is -2.70. The number of anilines is 2. The first-order valence-electron chi connectivity index (χ1n) is 12.9. The zero-order chi connectivity index (χ0) is 23.1. The standard InChI is InChI=1S/C28H33N5O.ClH/c29-21-12-14-33(17-21)27-22-7-3-4-8-24(22)31-25-10-9-19(15-23(25)27)20-11-13-30-26(16-20)32-28(34)18-5-1-2-6-18;/h9-11,13,15-16,18,21H,1-8,12,14,17,29H2,(H,30,32,34);1H/t21-;/m0./s1. The molecule has 3 aromatic rings. The van der Waals surface area contributed by atoms with Gasteiger partial charge < -0.3 is 16.0 Å². The third kappa shape index (κ3) is 4.74. The van der Waals surface area contributed by atoms with Gasteiger partial charge in [-0.3, -0.25) is 9.78 Å². The molecule has 3 aliphatic rings. The first-order valence-corrected chi connectivity index (χ1v) is 12.9. The zero-order valence-electron chi connectivity index (χ0n) is 20.1. The van der Waals surface area contributed by atoms with Crippen molar-refractivity contribution in [3.05, 3.63) is 47.8 Å². The second kappa shape index (κ2) is 10.1. The van der Waals surface area contributed by atoms with Crippen molar-refractivity contribution in [1.29, 1.82) is 0 Å². The number of aryl methyl sites for hydroxylation is 1. The summed E-state index contributed by atoms with van der Waals surface area (Å²) in [4.78, 5) is 24.6. The molecule has 0 radical (unpaired) electrons. The molecule has 6 rings (SSSR count). The lowest BCUT2D eigenvalue weighted by atomic mass is 9.91. The number of halogens is 1. The summed E-state index contributed by atoms with van der Waals surface area (Å²) in [7, 11) is 0. The number of carbonyl (C=O) groups is 1. The number of nitrogens with one attached hydrogen (secondary N) is 1. The average Bonchev–Trinajstić information content (AvgIpc) is 3.55. The highest BCUT2D eigenvalue weighted by molar-refractivity contribution is 5.97. The number of hydrogen-bond donors (Lipinski definition) is 2. The molecule has 35 heavy (non-hydrogen) atoms. The summed E-state index contributed by atoms with van der Waals surface area (Å²) in [5.74, 6) is 0.853. The van der Waals surface area contributed by atoms with Crippen LogP contribution in [0.15, 0.2) is 36.5 Å². The van der Waals surface area contributed by atoms with Crippen LogP contribution in [0, 0.1) is 5.92 Å². The molecule has 6 nitrogen and oxygen atoms in total. The first-order chi connectivity index (χ1) is 16.7. The number of hydrogen-bond acceptors (Lipinski definition) is 5. The second-order valence-electron chi connectivity index (χ2n) is 10.2. The molecule has 0 spiro atoms. The molecule has 1 saturated carbocycles. The molecule has 3 heterocycles. The predicted molar refractivity (Wildman–Crippen MR) is 144 cm³/mol. The predicted octanol–water partition coefficient (Wildman–Crippen LogP) is 5.26. The highest BCUT2D eigenvalue weighted by Crippen LogP contribution is 2.39. The number of benzene rings is 1. The van der Waals surface area contributed by atoms with Crippen LogP contribution in [0.1, 0.15) is 56.2 Å². The lowest BCUT2D eigenvalue weighted by molar-refractivity contribution is -0.119. The van der Waals surface area contributed by atoms with Gasteiger partial charge in [0.05, 0.1) is 11.2 Å². The summed E-state index contributed by atoms with van der Waals surface area (Å²) in [5.41, 5.74) is 13.6. The molecule has 0 unspecified atom stereocenters. The molecular formula is C28H34ClN5O. The van der Waals surface area contributed by atoms with Gasteiger partial charge in [-0.1, -0.05) is 18.9 Å². The van der Waals surface area contributed by atoms with Gasteiger partial charge in [0.2, 0.25) is 5.91 Å². The van der Waals surface area contributed by atoms with Crippen molar-refractivity contribution in [3.8, 4) is 11.1 Å². The molecule has 7 heteroatoms. The van der Waals surface area contributed by atoms with E-state index in [-0.39, 0.29) is 30.3 Å². The highest BCUT2D eigenvalue weighted by Gasteiger charge is 2.27. The Morgan fingerprint density at radius 2 is 1.80 bits per heavy atom. The molecule has 1 aliphatic heterocycles. The lowest BCUT2D eigenvalue weighted by Crippen LogP contribution is -2.28. The van der Waals surface area contributed by atoms with Crippen LogP contribution in [-0.2, 0) is 17.6 Å². The number of pyridine rings is 2. The Labute approximate surface area is 213 Å². The van der Waals surface area contributed by atoms with Crippen LogP contribution in [-0.4, -0.2) is 35.0 Å². The number of rotatable bonds is 4. The van der Waals surface area contributed by atoms with Gasteiger partial charge in [0.25, 0.3) is 0 Å². The van der Waals surface area contributed by atoms with Gasteiger partial charge in [0.1, 0.15) is 5.82 Å². The van der Waals surface area contributed by atoms with Crippen molar-refractivity contribution in [2.75, 3.05) is 23.3 Å². The summed E-state index contributed by atoms with van der Waals surface area (Å²) < 4.78 is 0. The Bertz CT molecular complexity index is 1240. The quantitative estimate of drug-likeness (QED) is 0.519. The minimum absolute atomic E-state index is 0. The van der Waals surface area contributed by atoms with E-state index in [0.29, 0.717) is 5.82 Å². The molecule has 1 saturated heterocycles. The number of nitrogens with two attached hydrogens (primary N) is 1. The topological polar surface area (TPSA) is 84.1 Å². The Morgan fingerprint density at radius 3 is 2.60 bits per heavy atom. The Morgan fingerprint density at radius 1 is 1.00 bits per heavy atom. The maximum Gasteiger partial charge on any atom is 0.228 e. The fourth-order valence-corrected chi connectivity index (χ4v) is 6.02. The van der Waals surface area contributed by atoms with Crippen LogP contribution in [0.5, 0.6) is 0 Å². The monoisotopic (exact) mass is 491 g/mol. The summed E-state index contributed by atoms with van der Waals surface area (Å²) in [6.45, 7) is 1.91. The maximum atomic E-state index is 12.6. The number of aromatic nitrogens is 2. The maximum absolute atomic E-state index is 12.6. The molecule has 2 fully saturated rings. The van der Waals surface area contributed by atoms with Crippen LogP contribution in [0.25, 0.3) is 22.0 Å². The van der Waals surface area contributed by atoms with Crippen molar-refractivity contribution in [3.63, 3.8) is 0 Å². The van der Waals surface area contributed by atoms with Crippen LogP contribution in [0.2, 0.25) is 0 Å². The summed E-state index contributed by atoms with van der Waals surface area (Å²) in [6, 6.07) is 10.8. The molecule has 3 N–H and O–H groups in total. The minimum Gasteiger partial charge on any atom is -0.369 e. The van der Waals surface area contributed by atoms with Crippen molar-refractivity contribution in [1.82, 2.24) is 9.97 Å². The largest absolute Gasteiger partial charge is 0.369 e. The van der Waals surface area contributed by atoms with Crippen LogP contribution < -0.4 is 16.0 Å². The van der Waals surface area contributed by atoms with E-state index < -0.39 is 0 Å². The fraction of sp³-hybridized carbons (Fsp3) is 0.464. The van der Waals surface area contributed by atoms with E-state index in [0.717, 1.165) is 74.7 Å². The molecule has 0 bridgehead atoms. The Kier molecular flexibility index (Phi) is 6.94. The third-order valence-corrected chi connectivity index (χ3v) is 7.84. The molecule has 1 atom stereocenters. The SMILES string of the molecule is Cl.N[C@H]1CCN(c2c3c(nc4ccc(-c5ccnc(NC(=O)C6CCCC6)c5)cc24)CCCC3)C1. The summed E-state index contributed by atoms with van der Waals surface area (Å²) in [5, 5.41) is 4.26. The van der Waals surface area contributed by atoms with Gasteiger partial charge in [-0.25, -0.2) is 4.98 Å². The molecule has 1 aromatic carbocycles. The average molecular weight is 492 g/mol. The van der Waals surface area contributed by atoms with E-state index in [1.165, 1.54) is 35.2 Å². The summed E-state index contributed by atoms with van der Waals surface area (Å²) >= 11 is 0. The molecule has 184 valence electrons. The number of amides is 1. The van der Waals surface area contributed by atoms with Crippen molar-refractivity contribution < 1.29 is 4.79 Å². The van der Waals surface area contributed by atoms with Gasteiger partial charge in [0.15, 0.2) is 0 Å². The number of fused-ring (bicyclic) bond motifs is 2. The molecule has 2 aliphatic carbocycles. The normalized spacial score (nSPS) is 20.0.